The van der Waals surface area contributed by atoms with Gasteiger partial charge in [0.05, 0.1) is 30.2 Å². The van der Waals surface area contributed by atoms with Crippen LogP contribution < -0.4 is 15.0 Å². The third-order valence-corrected chi connectivity index (χ3v) is 7.90. The molecule has 4 aromatic rings. The molecule has 2 aliphatic heterocycles. The minimum atomic E-state index is -0.793. The molecule has 0 saturated carbocycles. The zero-order valence-electron chi connectivity index (χ0n) is 23.6. The number of hydroxylamine groups is 1. The molecule has 2 saturated heterocycles. The number of carbonyl (C=O) groups is 1. The van der Waals surface area contributed by atoms with Gasteiger partial charge < -0.3 is 18.8 Å². The lowest BCUT2D eigenvalue weighted by Crippen LogP contribution is -2.44. The van der Waals surface area contributed by atoms with Crippen molar-refractivity contribution in [3.63, 3.8) is 0 Å². The second-order valence-corrected chi connectivity index (χ2v) is 10.8. The molecule has 0 aliphatic carbocycles. The summed E-state index contributed by atoms with van der Waals surface area (Å²) in [4.78, 5) is 27.9. The summed E-state index contributed by atoms with van der Waals surface area (Å²) in [6, 6.07) is 10.2. The molecule has 4 heterocycles. The highest BCUT2D eigenvalue weighted by atomic mass is 19.1. The molecule has 1 amide bonds. The van der Waals surface area contributed by atoms with Gasteiger partial charge in [0.1, 0.15) is 24.4 Å². The lowest BCUT2D eigenvalue weighted by atomic mass is 10.0. The summed E-state index contributed by atoms with van der Waals surface area (Å²) in [5.41, 5.74) is 3.65. The summed E-state index contributed by atoms with van der Waals surface area (Å²) in [6.45, 7) is 4.83. The van der Waals surface area contributed by atoms with Crippen molar-refractivity contribution in [3.05, 3.63) is 77.5 Å². The number of nitrogens with zero attached hydrogens (tertiary/aromatic N) is 5. The van der Waals surface area contributed by atoms with Crippen molar-refractivity contribution in [1.82, 2.24) is 29.9 Å². The average molecular weight is 595 g/mol. The number of halogens is 2. The highest BCUT2D eigenvalue weighted by Gasteiger charge is 2.29. The van der Waals surface area contributed by atoms with Crippen molar-refractivity contribution < 1.29 is 33.0 Å². The third-order valence-electron chi connectivity index (χ3n) is 7.90. The number of amides is 1. The van der Waals surface area contributed by atoms with E-state index in [0.29, 0.717) is 30.4 Å². The normalized spacial score (nSPS) is 20.5. The van der Waals surface area contributed by atoms with Crippen LogP contribution in [0.2, 0.25) is 0 Å². The number of nitrogens with one attached hydrogen (secondary N) is 1. The van der Waals surface area contributed by atoms with E-state index >= 15 is 0 Å². The van der Waals surface area contributed by atoms with Gasteiger partial charge in [-0.3, -0.25) is 14.9 Å². The maximum atomic E-state index is 13.9. The van der Waals surface area contributed by atoms with Crippen molar-refractivity contribution in [1.29, 1.82) is 0 Å². The maximum Gasteiger partial charge on any atom is 0.274 e. The summed E-state index contributed by atoms with van der Waals surface area (Å²) in [5, 5.41) is 9.09. The predicted molar refractivity (Wildman–Crippen MR) is 150 cm³/mol. The second-order valence-electron chi connectivity index (χ2n) is 10.8. The largest absolute Gasteiger partial charge is 0.483 e. The Hall–Kier alpha value is -4.20. The van der Waals surface area contributed by atoms with Crippen LogP contribution in [0, 0.1) is 11.6 Å². The topological polar surface area (TPSA) is 124 Å². The Morgan fingerprint density at radius 2 is 2.02 bits per heavy atom. The van der Waals surface area contributed by atoms with Gasteiger partial charge >= 0.3 is 0 Å². The Labute approximate surface area is 246 Å². The van der Waals surface area contributed by atoms with E-state index in [1.165, 1.54) is 6.07 Å². The van der Waals surface area contributed by atoms with E-state index in [1.54, 1.807) is 35.9 Å². The lowest BCUT2D eigenvalue weighted by Gasteiger charge is -2.37. The van der Waals surface area contributed by atoms with Gasteiger partial charge in [0.15, 0.2) is 17.4 Å². The van der Waals surface area contributed by atoms with Crippen molar-refractivity contribution in [3.8, 4) is 11.6 Å². The molecule has 11 nitrogen and oxygen atoms in total. The van der Waals surface area contributed by atoms with Crippen LogP contribution in [0.15, 0.2) is 48.7 Å². The van der Waals surface area contributed by atoms with Crippen LogP contribution in [-0.2, 0) is 24.4 Å². The minimum Gasteiger partial charge on any atom is -0.483 e. The van der Waals surface area contributed by atoms with E-state index in [4.69, 9.17) is 24.4 Å². The van der Waals surface area contributed by atoms with Gasteiger partial charge in [0.25, 0.3) is 5.91 Å². The Balaban J connectivity index is 1.10. The average Bonchev–Trinajstić information content (AvgIpc) is 3.31. The Bertz CT molecular complexity index is 1610. The lowest BCUT2D eigenvalue weighted by molar-refractivity contribution is -0.0593. The SMILES string of the molecule is C[C@H]1C[C@@H](Oc2ccnc(COc3ccc(F)cc3F)n2)CCN1Cc1nc2ccc(C(=O)NO)cc2n1C[C@@H]1CCO1. The first-order valence-electron chi connectivity index (χ1n) is 14.2. The first kappa shape index (κ1) is 28.9. The number of carbonyl (C=O) groups excluding carboxylic acids is 1. The predicted octanol–water partition coefficient (Wildman–Crippen LogP) is 4.02. The van der Waals surface area contributed by atoms with Crippen LogP contribution in [0.5, 0.6) is 11.6 Å². The number of ether oxygens (including phenoxy) is 3. The maximum absolute atomic E-state index is 13.9. The number of rotatable bonds is 10. The first-order chi connectivity index (χ1) is 20.9. The molecule has 226 valence electrons. The quantitative estimate of drug-likeness (QED) is 0.207. The Morgan fingerprint density at radius 3 is 2.77 bits per heavy atom. The zero-order chi connectivity index (χ0) is 29.9. The van der Waals surface area contributed by atoms with Gasteiger partial charge in [0.2, 0.25) is 5.88 Å². The molecule has 2 fully saturated rings. The molecule has 6 rings (SSSR count). The summed E-state index contributed by atoms with van der Waals surface area (Å²) in [6.07, 6.45) is 4.10. The van der Waals surface area contributed by atoms with Gasteiger partial charge in [-0.05, 0) is 56.5 Å². The summed E-state index contributed by atoms with van der Waals surface area (Å²) >= 11 is 0. The van der Waals surface area contributed by atoms with Crippen LogP contribution in [0.1, 0.15) is 48.2 Å². The van der Waals surface area contributed by atoms with Crippen LogP contribution in [0.4, 0.5) is 8.78 Å². The van der Waals surface area contributed by atoms with E-state index in [1.807, 2.05) is 0 Å². The second kappa shape index (κ2) is 12.6. The number of likely N-dealkylation sites (tertiary alicyclic amines) is 1. The molecule has 2 aliphatic rings. The van der Waals surface area contributed by atoms with Crippen LogP contribution >= 0.6 is 0 Å². The molecular weight excluding hydrogens is 562 g/mol. The van der Waals surface area contributed by atoms with Crippen LogP contribution in [0.3, 0.4) is 0 Å². The summed E-state index contributed by atoms with van der Waals surface area (Å²) in [5.74, 6) is -0.513. The molecule has 0 radical (unpaired) electrons. The molecule has 2 aromatic carbocycles. The van der Waals surface area contributed by atoms with Crippen LogP contribution in [0.25, 0.3) is 11.0 Å². The third kappa shape index (κ3) is 6.58. The van der Waals surface area contributed by atoms with Gasteiger partial charge in [-0.2, -0.15) is 4.98 Å². The molecular formula is C30H32F2N6O5. The van der Waals surface area contributed by atoms with E-state index in [0.717, 1.165) is 61.4 Å². The van der Waals surface area contributed by atoms with Crippen molar-refractivity contribution in [2.75, 3.05) is 13.2 Å². The smallest absolute Gasteiger partial charge is 0.274 e. The number of fused-ring (bicyclic) bond motifs is 1. The molecule has 13 heteroatoms. The fourth-order valence-electron chi connectivity index (χ4n) is 5.46. The van der Waals surface area contributed by atoms with Gasteiger partial charge in [0, 0.05) is 43.1 Å². The highest BCUT2D eigenvalue weighted by Crippen LogP contribution is 2.27. The number of hydrogen-bond acceptors (Lipinski definition) is 9. The zero-order valence-corrected chi connectivity index (χ0v) is 23.6. The number of benzene rings is 2. The number of hydrogen-bond donors (Lipinski definition) is 2. The van der Waals surface area contributed by atoms with Crippen molar-refractivity contribution in [2.24, 2.45) is 0 Å². The van der Waals surface area contributed by atoms with Gasteiger partial charge in [-0.1, -0.05) is 0 Å². The summed E-state index contributed by atoms with van der Waals surface area (Å²) < 4.78 is 46.5. The molecule has 0 bridgehead atoms. The standard InChI is InChI=1S/C30H32F2N6O5/c1-18-12-21(43-29-6-9-33-27(35-29)17-42-26-5-3-20(31)14-23(26)32)7-10-37(18)16-28-34-24-4-2-19(30(39)36-40)13-25(24)38(28)15-22-8-11-41-22/h2-6,9,13-14,18,21-22,40H,7-8,10-12,15-17H2,1H3,(H,36,39)/t18-,21-,22-/m0/s1. The first-order valence-corrected chi connectivity index (χ1v) is 14.2. The van der Waals surface area contributed by atoms with E-state index in [2.05, 4.69) is 26.4 Å². The Morgan fingerprint density at radius 1 is 1.16 bits per heavy atom. The molecule has 3 atom stereocenters. The monoisotopic (exact) mass is 594 g/mol. The summed E-state index contributed by atoms with van der Waals surface area (Å²) in [7, 11) is 0. The van der Waals surface area contributed by atoms with Gasteiger partial charge in [-0.15, -0.1) is 0 Å². The molecule has 0 unspecified atom stereocenters. The van der Waals surface area contributed by atoms with Crippen molar-refractivity contribution in [2.45, 2.75) is 64.1 Å². The van der Waals surface area contributed by atoms with E-state index < -0.39 is 17.5 Å². The number of aromatic nitrogens is 4. The van der Waals surface area contributed by atoms with Gasteiger partial charge in [-0.25, -0.2) is 24.2 Å². The van der Waals surface area contributed by atoms with E-state index in [-0.39, 0.29) is 30.6 Å². The molecule has 43 heavy (non-hydrogen) atoms. The number of imidazole rings is 1. The molecule has 2 N–H and O–H groups in total. The number of piperidine rings is 1. The van der Waals surface area contributed by atoms with Crippen molar-refractivity contribution >= 4 is 16.9 Å². The highest BCUT2D eigenvalue weighted by molar-refractivity contribution is 5.96. The van der Waals surface area contributed by atoms with Crippen LogP contribution in [-0.4, -0.2) is 66.9 Å². The fraction of sp³-hybridized carbons (Fsp3) is 0.400. The molecule has 0 spiro atoms. The Kier molecular flexibility index (Phi) is 8.45. The minimum absolute atomic E-state index is 0.0637. The van der Waals surface area contributed by atoms with E-state index in [9.17, 15) is 13.6 Å². The fourth-order valence-corrected chi connectivity index (χ4v) is 5.46. The molecule has 2 aromatic heterocycles.